The fourth-order valence-electron chi connectivity index (χ4n) is 4.21. The minimum absolute atomic E-state index is 0.105. The number of furan rings is 1. The number of nitrogens with zero attached hydrogens (tertiary/aromatic N) is 1. The second-order valence-electron chi connectivity index (χ2n) is 8.90. The van der Waals surface area contributed by atoms with Gasteiger partial charge in [-0.1, -0.05) is 34.1 Å². The van der Waals surface area contributed by atoms with Crippen molar-refractivity contribution in [2.45, 2.75) is 33.2 Å². The van der Waals surface area contributed by atoms with Crippen molar-refractivity contribution in [2.75, 3.05) is 29.5 Å². The second-order valence-corrected chi connectivity index (χ2v) is 12.1. The van der Waals surface area contributed by atoms with Crippen molar-refractivity contribution in [1.29, 1.82) is 0 Å². The molecule has 2 aromatic carbocycles. The molecule has 34 heavy (non-hydrogen) atoms. The number of rotatable bonds is 6. The predicted molar refractivity (Wildman–Crippen MR) is 138 cm³/mol. The van der Waals surface area contributed by atoms with Crippen LogP contribution in [0.3, 0.4) is 0 Å². The maximum atomic E-state index is 13.1. The van der Waals surface area contributed by atoms with Crippen LogP contribution >= 0.6 is 15.9 Å². The molecule has 0 aliphatic carbocycles. The molecule has 0 radical (unpaired) electrons. The van der Waals surface area contributed by atoms with E-state index in [1.807, 2.05) is 69.3 Å². The van der Waals surface area contributed by atoms with Gasteiger partial charge in [-0.3, -0.25) is 4.79 Å². The molecule has 2 heterocycles. The maximum absolute atomic E-state index is 13.1. The maximum Gasteiger partial charge on any atom is 0.225 e. The highest BCUT2D eigenvalue weighted by atomic mass is 79.9. The molecule has 1 atom stereocenters. The lowest BCUT2D eigenvalue weighted by Crippen LogP contribution is -2.40. The highest BCUT2D eigenvalue weighted by Crippen LogP contribution is 2.31. The van der Waals surface area contributed by atoms with Gasteiger partial charge in [-0.2, -0.15) is 0 Å². The normalized spacial score (nSPS) is 16.3. The largest absolute Gasteiger partial charge is 0.464 e. The van der Waals surface area contributed by atoms with E-state index < -0.39 is 15.9 Å². The Kier molecular flexibility index (Phi) is 7.19. The van der Waals surface area contributed by atoms with Crippen LogP contribution in [0, 0.1) is 20.8 Å². The van der Waals surface area contributed by atoms with Gasteiger partial charge in [0.05, 0.1) is 17.9 Å². The first-order valence-electron chi connectivity index (χ1n) is 11.3. The third-order valence-corrected chi connectivity index (χ3v) is 8.50. The number of anilines is 1. The summed E-state index contributed by atoms with van der Waals surface area (Å²) in [5.74, 6) is 1.72. The molecule has 0 spiro atoms. The molecule has 1 aliphatic heterocycles. The fourth-order valence-corrected chi connectivity index (χ4v) is 6.13. The van der Waals surface area contributed by atoms with E-state index in [4.69, 9.17) is 4.42 Å². The standard InChI is InChI=1S/C26H29BrN2O4S/c1-17-4-8-22(23(27)14-17)26(24-9-5-19(3)33-24)28-25(30)16-20-6-7-21(15-18(20)2)29-10-12-34(31,32)13-11-29/h4-9,14-15,26H,10-13,16H2,1-3H3,(H,28,30). The van der Waals surface area contributed by atoms with Crippen LogP contribution in [0.1, 0.15) is 39.8 Å². The van der Waals surface area contributed by atoms with Gasteiger partial charge in [0.25, 0.3) is 0 Å². The summed E-state index contributed by atoms with van der Waals surface area (Å²) in [6.07, 6.45) is 0.236. The summed E-state index contributed by atoms with van der Waals surface area (Å²) in [5.41, 5.74) is 4.98. The lowest BCUT2D eigenvalue weighted by molar-refractivity contribution is -0.121. The van der Waals surface area contributed by atoms with Crippen LogP contribution in [0.5, 0.6) is 0 Å². The van der Waals surface area contributed by atoms with E-state index in [1.54, 1.807) is 0 Å². The van der Waals surface area contributed by atoms with Gasteiger partial charge in [-0.05, 0) is 73.4 Å². The number of nitrogens with one attached hydrogen (secondary N) is 1. The molecule has 1 amide bonds. The first kappa shape index (κ1) is 24.5. The summed E-state index contributed by atoms with van der Waals surface area (Å²) in [6.45, 7) is 6.88. The van der Waals surface area contributed by atoms with E-state index in [2.05, 4.69) is 26.1 Å². The Morgan fingerprint density at radius 1 is 1.06 bits per heavy atom. The number of halogens is 1. The first-order chi connectivity index (χ1) is 16.1. The van der Waals surface area contributed by atoms with Crippen LogP contribution in [-0.2, 0) is 21.1 Å². The molecule has 6 nitrogen and oxygen atoms in total. The summed E-state index contributed by atoms with van der Waals surface area (Å²) >= 11 is 3.64. The van der Waals surface area contributed by atoms with Crippen LogP contribution in [-0.4, -0.2) is 38.9 Å². The van der Waals surface area contributed by atoms with Gasteiger partial charge in [0.1, 0.15) is 17.6 Å². The Hall–Kier alpha value is -2.58. The number of carbonyl (C=O) groups excluding carboxylic acids is 1. The van der Waals surface area contributed by atoms with Crippen molar-refractivity contribution in [3.63, 3.8) is 0 Å². The number of aryl methyl sites for hydroxylation is 3. The number of carbonyl (C=O) groups is 1. The Labute approximate surface area is 209 Å². The molecule has 1 saturated heterocycles. The van der Waals surface area contributed by atoms with Crippen molar-refractivity contribution in [2.24, 2.45) is 0 Å². The second kappa shape index (κ2) is 9.96. The summed E-state index contributed by atoms with van der Waals surface area (Å²) in [6, 6.07) is 15.4. The SMILES string of the molecule is Cc1ccc(C(NC(=O)Cc2ccc(N3CCS(=O)(=O)CC3)cc2C)c2ccc(C)o2)c(Br)c1. The Morgan fingerprint density at radius 3 is 2.41 bits per heavy atom. The number of sulfone groups is 1. The van der Waals surface area contributed by atoms with Gasteiger partial charge >= 0.3 is 0 Å². The summed E-state index contributed by atoms with van der Waals surface area (Å²) in [7, 11) is -2.92. The van der Waals surface area contributed by atoms with Crippen molar-refractivity contribution in [1.82, 2.24) is 5.32 Å². The van der Waals surface area contributed by atoms with Crippen LogP contribution in [0.2, 0.25) is 0 Å². The van der Waals surface area contributed by atoms with Crippen LogP contribution in [0.15, 0.2) is 57.4 Å². The van der Waals surface area contributed by atoms with Crippen molar-refractivity contribution in [3.05, 3.63) is 86.8 Å². The highest BCUT2D eigenvalue weighted by molar-refractivity contribution is 9.10. The third kappa shape index (κ3) is 5.73. The number of benzene rings is 2. The van der Waals surface area contributed by atoms with E-state index in [9.17, 15) is 13.2 Å². The van der Waals surface area contributed by atoms with E-state index in [0.29, 0.717) is 18.8 Å². The minimum Gasteiger partial charge on any atom is -0.464 e. The molecular formula is C26H29BrN2O4S. The smallest absolute Gasteiger partial charge is 0.225 e. The van der Waals surface area contributed by atoms with Gasteiger partial charge in [0.15, 0.2) is 9.84 Å². The summed E-state index contributed by atoms with van der Waals surface area (Å²) in [5, 5.41) is 3.15. The molecule has 1 unspecified atom stereocenters. The lowest BCUT2D eigenvalue weighted by Gasteiger charge is -2.29. The molecule has 1 aromatic heterocycles. The van der Waals surface area contributed by atoms with Crippen molar-refractivity contribution < 1.29 is 17.6 Å². The zero-order valence-corrected chi connectivity index (χ0v) is 22.0. The van der Waals surface area contributed by atoms with E-state index in [1.165, 1.54) is 0 Å². The number of hydrogen-bond acceptors (Lipinski definition) is 5. The molecule has 8 heteroatoms. The molecule has 1 fully saturated rings. The van der Waals surface area contributed by atoms with E-state index >= 15 is 0 Å². The Morgan fingerprint density at radius 2 is 1.79 bits per heavy atom. The van der Waals surface area contributed by atoms with Crippen LogP contribution in [0.25, 0.3) is 0 Å². The number of hydrogen-bond donors (Lipinski definition) is 1. The quantitative estimate of drug-likeness (QED) is 0.488. The average Bonchev–Trinajstić information content (AvgIpc) is 3.20. The predicted octanol–water partition coefficient (Wildman–Crippen LogP) is 4.65. The Balaban J connectivity index is 1.50. The van der Waals surface area contributed by atoms with Crippen molar-refractivity contribution in [3.8, 4) is 0 Å². The average molecular weight is 545 g/mol. The molecule has 180 valence electrons. The topological polar surface area (TPSA) is 79.6 Å². The van der Waals surface area contributed by atoms with E-state index in [-0.39, 0.29) is 23.8 Å². The van der Waals surface area contributed by atoms with Gasteiger partial charge in [0, 0.05) is 23.2 Å². The summed E-state index contributed by atoms with van der Waals surface area (Å²) in [4.78, 5) is 15.2. The molecule has 0 saturated carbocycles. The van der Waals surface area contributed by atoms with E-state index in [0.717, 1.165) is 38.2 Å². The Bertz CT molecular complexity index is 1300. The van der Waals surface area contributed by atoms with Crippen molar-refractivity contribution >= 4 is 37.4 Å². The monoisotopic (exact) mass is 544 g/mol. The zero-order chi connectivity index (χ0) is 24.5. The number of amides is 1. The molecule has 3 aromatic rings. The fraction of sp³-hybridized carbons (Fsp3) is 0.346. The molecule has 1 aliphatic rings. The molecule has 1 N–H and O–H groups in total. The lowest BCUT2D eigenvalue weighted by atomic mass is 10.0. The van der Waals surface area contributed by atoms with Gasteiger partial charge in [-0.25, -0.2) is 8.42 Å². The molecule has 0 bridgehead atoms. The zero-order valence-electron chi connectivity index (χ0n) is 19.6. The minimum atomic E-state index is -2.92. The van der Waals surface area contributed by atoms with Gasteiger partial charge in [-0.15, -0.1) is 0 Å². The van der Waals surface area contributed by atoms with Crippen LogP contribution in [0.4, 0.5) is 5.69 Å². The van der Waals surface area contributed by atoms with Gasteiger partial charge in [0.2, 0.25) is 5.91 Å². The summed E-state index contributed by atoms with van der Waals surface area (Å²) < 4.78 is 30.2. The highest BCUT2D eigenvalue weighted by Gasteiger charge is 2.24. The third-order valence-electron chi connectivity index (χ3n) is 6.20. The van der Waals surface area contributed by atoms with Gasteiger partial charge < -0.3 is 14.6 Å². The molecular weight excluding hydrogens is 516 g/mol. The molecule has 4 rings (SSSR count). The first-order valence-corrected chi connectivity index (χ1v) is 13.9. The van der Waals surface area contributed by atoms with Crippen LogP contribution < -0.4 is 10.2 Å².